The van der Waals surface area contributed by atoms with Crippen LogP contribution < -0.4 is 11.1 Å². The molecule has 0 bridgehead atoms. The predicted molar refractivity (Wildman–Crippen MR) is 46.2 cm³/mol. The van der Waals surface area contributed by atoms with Crippen molar-refractivity contribution in [1.29, 1.82) is 0 Å². The Hall–Kier alpha value is 0.0969. The van der Waals surface area contributed by atoms with Gasteiger partial charge in [-0.1, -0.05) is 6.92 Å². The minimum Gasteiger partial charge on any atom is -0.430 e. The highest BCUT2D eigenvalue weighted by Crippen LogP contribution is 2.08. The molecule has 0 rings (SSSR count). The van der Waals surface area contributed by atoms with Crippen molar-refractivity contribution in [2.75, 3.05) is 19.8 Å². The molecule has 0 radical (unpaired) electrons. The van der Waals surface area contributed by atoms with Crippen LogP contribution >= 0.6 is 0 Å². The summed E-state index contributed by atoms with van der Waals surface area (Å²) >= 11 is 0. The molecule has 0 aromatic carbocycles. The van der Waals surface area contributed by atoms with E-state index >= 15 is 0 Å². The maximum Gasteiger partial charge on any atom is 0.203 e. The summed E-state index contributed by atoms with van der Waals surface area (Å²) in [6.07, 6.45) is 0.765. The number of nitrogens with two attached hydrogens (primary N) is 1. The monoisotopic (exact) mass is 162 g/mol. The molecule has 4 heteroatoms. The molecule has 62 valence electrons. The predicted octanol–water partition coefficient (Wildman–Crippen LogP) is -0.339. The van der Waals surface area contributed by atoms with Crippen molar-refractivity contribution in [3.63, 3.8) is 0 Å². The van der Waals surface area contributed by atoms with E-state index in [4.69, 9.17) is 5.73 Å². The smallest absolute Gasteiger partial charge is 0.203 e. The molecule has 0 saturated carbocycles. The molecule has 3 nitrogen and oxygen atoms in total. The number of nitrogens with one attached hydrogen (secondary N) is 1. The minimum atomic E-state index is -1.96. The van der Waals surface area contributed by atoms with Crippen LogP contribution in [0.5, 0.6) is 0 Å². The minimum absolute atomic E-state index is 0.609. The summed E-state index contributed by atoms with van der Waals surface area (Å²) in [7, 11) is -0.0943. The number of rotatable bonds is 5. The van der Waals surface area contributed by atoms with Crippen LogP contribution in [0.2, 0.25) is 12.1 Å². The number of hydrogen-bond acceptors (Lipinski definition) is 3. The van der Waals surface area contributed by atoms with Crippen molar-refractivity contribution in [2.45, 2.75) is 19.0 Å². The van der Waals surface area contributed by atoms with Gasteiger partial charge in [0.05, 0.1) is 0 Å². The van der Waals surface area contributed by atoms with Gasteiger partial charge in [-0.05, 0) is 25.7 Å². The Morgan fingerprint density at radius 3 is 2.50 bits per heavy atom. The molecule has 0 aromatic heterocycles. The van der Waals surface area contributed by atoms with Crippen molar-refractivity contribution in [2.24, 2.45) is 5.73 Å². The SMILES string of the molecule is CC[Si](O)(CCN)CNC. The van der Waals surface area contributed by atoms with E-state index < -0.39 is 8.32 Å². The fourth-order valence-corrected chi connectivity index (χ4v) is 2.96. The van der Waals surface area contributed by atoms with Crippen LogP contribution in [0.4, 0.5) is 0 Å². The molecule has 4 N–H and O–H groups in total. The van der Waals surface area contributed by atoms with Gasteiger partial charge in [0.2, 0.25) is 8.32 Å². The molecule has 0 aliphatic carbocycles. The summed E-state index contributed by atoms with van der Waals surface area (Å²) in [5.74, 6) is 0. The third-order valence-electron chi connectivity index (χ3n) is 1.77. The van der Waals surface area contributed by atoms with Crippen LogP contribution in [0, 0.1) is 0 Å². The summed E-state index contributed by atoms with van der Waals surface area (Å²) in [6.45, 7) is 2.64. The first-order chi connectivity index (χ1) is 4.68. The van der Waals surface area contributed by atoms with E-state index in [0.29, 0.717) is 6.54 Å². The maximum absolute atomic E-state index is 9.82. The van der Waals surface area contributed by atoms with E-state index in [0.717, 1.165) is 18.3 Å². The molecule has 0 amide bonds. The Balaban J connectivity index is 3.69. The van der Waals surface area contributed by atoms with Crippen molar-refractivity contribution >= 4 is 8.32 Å². The van der Waals surface area contributed by atoms with Gasteiger partial charge < -0.3 is 15.8 Å². The van der Waals surface area contributed by atoms with Gasteiger partial charge >= 0.3 is 0 Å². The normalized spacial score (nSPS) is 16.8. The van der Waals surface area contributed by atoms with Crippen LogP contribution in [0.25, 0.3) is 0 Å². The Morgan fingerprint density at radius 2 is 2.20 bits per heavy atom. The fourth-order valence-electron chi connectivity index (χ4n) is 0.988. The first-order valence-electron chi connectivity index (χ1n) is 3.75. The lowest BCUT2D eigenvalue weighted by Gasteiger charge is -2.21. The summed E-state index contributed by atoms with van der Waals surface area (Å²) in [5, 5.41) is 3.00. The third-order valence-corrected chi connectivity index (χ3v) is 5.32. The highest BCUT2D eigenvalue weighted by atomic mass is 28.4. The van der Waals surface area contributed by atoms with Gasteiger partial charge in [-0.3, -0.25) is 0 Å². The zero-order valence-electron chi connectivity index (χ0n) is 6.85. The van der Waals surface area contributed by atoms with Crippen LogP contribution in [-0.4, -0.2) is 32.9 Å². The first-order valence-corrected chi connectivity index (χ1v) is 6.32. The average molecular weight is 162 g/mol. The topological polar surface area (TPSA) is 58.3 Å². The maximum atomic E-state index is 9.82. The number of hydrogen-bond donors (Lipinski definition) is 3. The molecule has 1 unspecified atom stereocenters. The summed E-state index contributed by atoms with van der Waals surface area (Å²) in [6, 6.07) is 1.70. The van der Waals surface area contributed by atoms with Crippen LogP contribution in [0.1, 0.15) is 6.92 Å². The zero-order valence-corrected chi connectivity index (χ0v) is 7.85. The largest absolute Gasteiger partial charge is 0.430 e. The molecule has 0 heterocycles. The van der Waals surface area contributed by atoms with Gasteiger partial charge in [-0.2, -0.15) is 0 Å². The van der Waals surface area contributed by atoms with E-state index in [9.17, 15) is 4.80 Å². The van der Waals surface area contributed by atoms with Gasteiger partial charge in [0, 0.05) is 6.17 Å². The molecular weight excluding hydrogens is 144 g/mol. The van der Waals surface area contributed by atoms with Crippen molar-refractivity contribution in [1.82, 2.24) is 5.32 Å². The second-order valence-electron chi connectivity index (χ2n) is 2.65. The van der Waals surface area contributed by atoms with E-state index in [-0.39, 0.29) is 0 Å². The highest BCUT2D eigenvalue weighted by Gasteiger charge is 2.26. The Labute approximate surface area is 63.8 Å². The third kappa shape index (κ3) is 3.31. The molecule has 0 saturated heterocycles. The summed E-state index contributed by atoms with van der Waals surface area (Å²) in [5.41, 5.74) is 5.37. The van der Waals surface area contributed by atoms with Crippen molar-refractivity contribution in [3.8, 4) is 0 Å². The Bertz CT molecular complexity index is 83.8. The first kappa shape index (κ1) is 10.1. The van der Waals surface area contributed by atoms with Crippen molar-refractivity contribution in [3.05, 3.63) is 0 Å². The molecular formula is C6H18N2OSi. The van der Waals surface area contributed by atoms with Crippen LogP contribution in [-0.2, 0) is 0 Å². The van der Waals surface area contributed by atoms with Gasteiger partial charge in [0.15, 0.2) is 0 Å². The lowest BCUT2D eigenvalue weighted by Crippen LogP contribution is -2.45. The Morgan fingerprint density at radius 1 is 1.60 bits per heavy atom. The standard InChI is InChI=1S/C6H18N2OSi/c1-3-10(9,5-4-7)6-8-2/h8-9H,3-7H2,1-2H3. The lowest BCUT2D eigenvalue weighted by molar-refractivity contribution is 0.520. The highest BCUT2D eigenvalue weighted by molar-refractivity contribution is 6.72. The molecule has 10 heavy (non-hydrogen) atoms. The van der Waals surface area contributed by atoms with Crippen molar-refractivity contribution < 1.29 is 4.80 Å². The zero-order chi connectivity index (χ0) is 8.04. The molecule has 0 fully saturated rings. The average Bonchev–Trinajstić information content (AvgIpc) is 1.89. The van der Waals surface area contributed by atoms with Gasteiger partial charge in [-0.15, -0.1) is 0 Å². The second-order valence-corrected chi connectivity index (χ2v) is 6.66. The van der Waals surface area contributed by atoms with Gasteiger partial charge in [0.1, 0.15) is 0 Å². The Kier molecular flexibility index (Phi) is 4.89. The van der Waals surface area contributed by atoms with E-state index in [1.807, 2.05) is 14.0 Å². The lowest BCUT2D eigenvalue weighted by atomic mass is 10.8. The van der Waals surface area contributed by atoms with E-state index in [1.54, 1.807) is 0 Å². The quantitative estimate of drug-likeness (QED) is 0.485. The molecule has 0 aliphatic rings. The van der Waals surface area contributed by atoms with Gasteiger partial charge in [-0.25, -0.2) is 0 Å². The second kappa shape index (κ2) is 4.84. The molecule has 0 aromatic rings. The molecule has 0 aliphatic heterocycles. The summed E-state index contributed by atoms with van der Waals surface area (Å²) < 4.78 is 0. The molecule has 0 spiro atoms. The van der Waals surface area contributed by atoms with Crippen LogP contribution in [0.15, 0.2) is 0 Å². The van der Waals surface area contributed by atoms with E-state index in [2.05, 4.69) is 5.32 Å². The van der Waals surface area contributed by atoms with E-state index in [1.165, 1.54) is 0 Å². The van der Waals surface area contributed by atoms with Crippen LogP contribution in [0.3, 0.4) is 0 Å². The summed E-state index contributed by atoms with van der Waals surface area (Å²) in [4.78, 5) is 9.82. The van der Waals surface area contributed by atoms with Gasteiger partial charge in [0.25, 0.3) is 0 Å². The molecule has 1 atom stereocenters. The fraction of sp³-hybridized carbons (Fsp3) is 1.00.